The van der Waals surface area contributed by atoms with Gasteiger partial charge in [0.1, 0.15) is 28.3 Å². The Kier molecular flexibility index (Phi) is 13.4. The molecule has 15 nitrogen and oxygen atoms in total. The number of benzene rings is 2. The van der Waals surface area contributed by atoms with Gasteiger partial charge < -0.3 is 49.8 Å². The molecule has 15 heteroatoms. The van der Waals surface area contributed by atoms with Gasteiger partial charge in [-0.05, 0) is 51.8 Å². The number of carbonyl (C=O) groups is 2. The number of hydrogen-bond acceptors (Lipinski definition) is 15. The van der Waals surface area contributed by atoms with Gasteiger partial charge in [0.2, 0.25) is 0 Å². The van der Waals surface area contributed by atoms with Crippen molar-refractivity contribution in [2.75, 3.05) is 32.6 Å². The monoisotopic (exact) mass is 834 g/mol. The van der Waals surface area contributed by atoms with Crippen molar-refractivity contribution in [2.45, 2.75) is 123 Å². The summed E-state index contributed by atoms with van der Waals surface area (Å²) in [5.41, 5.74) is 1.01. The predicted octanol–water partition coefficient (Wildman–Crippen LogP) is 3.95. The Hall–Kier alpha value is -4.54. The molecule has 1 saturated heterocycles. The summed E-state index contributed by atoms with van der Waals surface area (Å²) >= 11 is 0. The van der Waals surface area contributed by atoms with Gasteiger partial charge in [0.25, 0.3) is 5.78 Å². The van der Waals surface area contributed by atoms with Crippen LogP contribution < -0.4 is 20.8 Å². The van der Waals surface area contributed by atoms with E-state index in [1.807, 2.05) is 0 Å². The molecule has 60 heavy (non-hydrogen) atoms. The third-order valence-electron chi connectivity index (χ3n) is 13.3. The number of Topliss-reactive ketones (excluding diaryl/α,β-unsaturated/α-hetero) is 1. The lowest BCUT2D eigenvalue weighted by Gasteiger charge is -2.38. The summed E-state index contributed by atoms with van der Waals surface area (Å²) in [6.07, 6.45) is 5.39. The Bertz CT molecular complexity index is 2210. The van der Waals surface area contributed by atoms with Crippen molar-refractivity contribution in [3.63, 3.8) is 0 Å². The zero-order valence-corrected chi connectivity index (χ0v) is 36.3. The van der Waals surface area contributed by atoms with E-state index in [0.29, 0.717) is 30.4 Å². The van der Waals surface area contributed by atoms with E-state index in [9.17, 15) is 35.1 Å². The molecule has 6 bridgehead atoms. The number of likely N-dealkylation sites (N-methyl/N-ethyl adjacent to an activating group) is 1. The van der Waals surface area contributed by atoms with Crippen LogP contribution in [0.2, 0.25) is 0 Å². The number of anilines is 1. The number of aromatic hydroxyl groups is 2. The van der Waals surface area contributed by atoms with Crippen LogP contribution >= 0.6 is 0 Å². The smallest absolute Gasteiger partial charge is 0.312 e. The van der Waals surface area contributed by atoms with Crippen LogP contribution in [0.4, 0.5) is 5.69 Å². The number of aliphatic hydroxyl groups excluding tert-OH is 3. The van der Waals surface area contributed by atoms with E-state index < -0.39 is 77.6 Å². The number of carbonyl (C=O) groups excluding carboxylic acids is 2. The van der Waals surface area contributed by atoms with Crippen molar-refractivity contribution in [3.8, 4) is 17.2 Å². The lowest BCUT2D eigenvalue weighted by Crippen LogP contribution is -2.46. The summed E-state index contributed by atoms with van der Waals surface area (Å²) in [4.78, 5) is 39.1. The van der Waals surface area contributed by atoms with Gasteiger partial charge >= 0.3 is 11.8 Å². The minimum atomic E-state index is -1.94. The second kappa shape index (κ2) is 17.8. The second-order valence-corrected chi connectivity index (χ2v) is 17.3. The topological polar surface area (TPSA) is 212 Å². The van der Waals surface area contributed by atoms with E-state index in [0.717, 1.165) is 19.3 Å². The highest BCUT2D eigenvalue weighted by Gasteiger charge is 2.50. The van der Waals surface area contributed by atoms with Crippen molar-refractivity contribution < 1.29 is 54.1 Å². The Morgan fingerprint density at radius 1 is 0.950 bits per heavy atom. The van der Waals surface area contributed by atoms with Crippen LogP contribution in [0.5, 0.6) is 17.2 Å². The minimum absolute atomic E-state index is 0.0541. The molecular weight excluding hydrogens is 773 g/mol. The number of nitrogens with zero attached hydrogens (tertiary/aromatic N) is 3. The third kappa shape index (κ3) is 8.26. The molecule has 0 spiro atoms. The molecule has 328 valence electrons. The summed E-state index contributed by atoms with van der Waals surface area (Å²) in [6, 6.07) is 0.420. The highest BCUT2D eigenvalue weighted by molar-refractivity contribution is 6.21. The van der Waals surface area contributed by atoms with Crippen LogP contribution in [0.3, 0.4) is 0 Å². The zero-order chi connectivity index (χ0) is 44.0. The van der Waals surface area contributed by atoms with E-state index in [4.69, 9.17) is 23.9 Å². The molecule has 0 aliphatic carbocycles. The molecule has 4 aliphatic rings. The molecule has 0 aromatic heterocycles. The average Bonchev–Trinajstić information content (AvgIpc) is 3.68. The van der Waals surface area contributed by atoms with Gasteiger partial charge in [-0.25, -0.2) is 4.99 Å². The number of fused-ring (bicyclic) bond motifs is 3. The van der Waals surface area contributed by atoms with Gasteiger partial charge in [-0.3, -0.25) is 19.5 Å². The molecule has 1 fully saturated rings. The highest BCUT2D eigenvalue weighted by Crippen LogP contribution is 2.50. The normalized spacial score (nSPS) is 36.1. The molecule has 4 heterocycles. The number of methoxy groups -OCH3 is 1. The van der Waals surface area contributed by atoms with Crippen molar-refractivity contribution >= 4 is 28.2 Å². The largest absolute Gasteiger partial charge is 0.507 e. The number of phenols is 2. The molecule has 0 amide bonds. The number of esters is 1. The summed E-state index contributed by atoms with van der Waals surface area (Å²) in [7, 11) is 3.55. The number of ether oxygens (including phenoxy) is 4. The first-order valence-corrected chi connectivity index (χ1v) is 20.9. The average molecular weight is 835 g/mol. The fourth-order valence-corrected chi connectivity index (χ4v) is 9.29. The number of nitrogens with one attached hydrogen (secondary N) is 1. The summed E-state index contributed by atoms with van der Waals surface area (Å²) in [6.45, 7) is 13.9. The molecule has 0 saturated carbocycles. The Morgan fingerprint density at radius 2 is 1.65 bits per heavy atom. The minimum Gasteiger partial charge on any atom is -0.507 e. The quantitative estimate of drug-likeness (QED) is 0.187. The number of ketones is 1. The fraction of sp³-hybridized carbons (Fsp3) is 0.600. The first-order valence-electron chi connectivity index (χ1n) is 20.9. The van der Waals surface area contributed by atoms with Gasteiger partial charge in [-0.1, -0.05) is 45.9 Å². The Balaban J connectivity index is 1.59. The highest BCUT2D eigenvalue weighted by atomic mass is 16.7. The molecule has 6 N–H and O–H groups in total. The van der Waals surface area contributed by atoms with Crippen LogP contribution in [0.1, 0.15) is 83.7 Å². The first-order chi connectivity index (χ1) is 28.3. The lowest BCUT2D eigenvalue weighted by molar-refractivity contribution is -0.160. The molecular formula is C45H62N4O11. The molecule has 0 radical (unpaired) electrons. The van der Waals surface area contributed by atoms with Crippen molar-refractivity contribution in [1.29, 1.82) is 0 Å². The van der Waals surface area contributed by atoms with Crippen LogP contribution in [-0.2, 0) is 19.0 Å². The molecule has 2 unspecified atom stereocenters. The molecule has 6 rings (SSSR count). The van der Waals surface area contributed by atoms with Crippen LogP contribution in [0, 0.1) is 30.6 Å². The second-order valence-electron chi connectivity index (χ2n) is 17.3. The molecule has 2 aromatic rings. The van der Waals surface area contributed by atoms with E-state index in [1.165, 1.54) is 27.2 Å². The van der Waals surface area contributed by atoms with Crippen LogP contribution in [0.25, 0.3) is 10.8 Å². The van der Waals surface area contributed by atoms with E-state index >= 15 is 0 Å². The van der Waals surface area contributed by atoms with Crippen molar-refractivity contribution in [2.24, 2.45) is 33.7 Å². The maximum Gasteiger partial charge on any atom is 0.312 e. The van der Waals surface area contributed by atoms with Gasteiger partial charge in [0.15, 0.2) is 12.0 Å². The van der Waals surface area contributed by atoms with Gasteiger partial charge in [-0.2, -0.15) is 0 Å². The van der Waals surface area contributed by atoms with E-state index in [2.05, 4.69) is 22.3 Å². The Morgan fingerprint density at radius 3 is 2.33 bits per heavy atom. The third-order valence-corrected chi connectivity index (χ3v) is 13.3. The van der Waals surface area contributed by atoms with Gasteiger partial charge in [-0.15, -0.1) is 0 Å². The summed E-state index contributed by atoms with van der Waals surface area (Å²) in [5, 5.41) is 62.3. The zero-order valence-electron chi connectivity index (χ0n) is 36.3. The van der Waals surface area contributed by atoms with E-state index in [-0.39, 0.29) is 50.2 Å². The van der Waals surface area contributed by atoms with Crippen molar-refractivity contribution in [3.05, 3.63) is 58.0 Å². The predicted molar refractivity (Wildman–Crippen MR) is 224 cm³/mol. The number of aliphatic hydroxyl groups is 3. The van der Waals surface area contributed by atoms with E-state index in [1.54, 1.807) is 65.8 Å². The number of allylic oxidation sites excluding steroid dienone is 2. The molecule has 2 aromatic carbocycles. The van der Waals surface area contributed by atoms with Crippen LogP contribution in [-0.4, -0.2) is 118 Å². The lowest BCUT2D eigenvalue weighted by atomic mass is 9.78. The van der Waals surface area contributed by atoms with Gasteiger partial charge in [0, 0.05) is 74.2 Å². The maximum absolute atomic E-state index is 14.7. The summed E-state index contributed by atoms with van der Waals surface area (Å²) in [5.74, 6) is -6.14. The number of rotatable bonds is 2. The Labute approximate surface area is 351 Å². The van der Waals surface area contributed by atoms with Crippen molar-refractivity contribution in [1.82, 2.24) is 4.90 Å². The van der Waals surface area contributed by atoms with Crippen LogP contribution in [0.15, 0.2) is 46.1 Å². The first kappa shape index (κ1) is 45.0. The maximum atomic E-state index is 14.7. The standard InChI is InChI=1S/C45H62N4O11/c1-21-12-11-13-22(2)44(56)48-36-35-34(46-18-16-28-14-15-29(20-47-35)49(28)9)31-32(40(36)54)39(53)26(6)42-33(31)43(55)45(8,60-42)58-19-17-30(57-10)23(3)41(59-27(7)50)25(5)38(52)24(4)37(21)51/h11-13,17,19,21,23-25,28-30,37-38,41,44,46,51-54,56H,14-16,18,20H2,1-10H3/b12-11+,19-17+,22-13-,47-35?,48-36?/t21-,23+,24+,25+,28?,29-,30-,37-,38+,41+,44?,45-/m0/s1. The molecule has 12 atom stereocenters. The number of phenolic OH excluding ortho intramolecular Hbond substituents is 2. The SMILES string of the molecule is CO[C@H]1/C=C/O[C@@]2(C)Oc3c(C)c(O)c4c(O)c(c5c(c4c3C2=O)NCCC2CC[C@@H](CN=5)N2C)=NC(O)/C(C)=C\C=C\[C@H](C)[C@H](O)[C@@H](C)[C@@H](O)[C@@H](C)[C@H](OC(C)=O)[C@@H]1C. The summed E-state index contributed by atoms with van der Waals surface area (Å²) < 4.78 is 24.0. The fourth-order valence-electron chi connectivity index (χ4n) is 9.29. The molecule has 4 aliphatic heterocycles. The van der Waals surface area contributed by atoms with Gasteiger partial charge in [0.05, 0.1) is 47.8 Å². The number of hydrogen-bond donors (Lipinski definition) is 6.